The minimum atomic E-state index is -0.804. The molecule has 0 aliphatic rings. The Labute approximate surface area is 190 Å². The van der Waals surface area contributed by atoms with Gasteiger partial charge >= 0.3 is 5.63 Å². The Morgan fingerprint density at radius 3 is 2.45 bits per heavy atom. The Morgan fingerprint density at radius 2 is 1.73 bits per heavy atom. The molecular weight excluding hydrogens is 422 g/mol. The van der Waals surface area contributed by atoms with Crippen LogP contribution in [0, 0.1) is 0 Å². The van der Waals surface area contributed by atoms with Gasteiger partial charge in [0.2, 0.25) is 0 Å². The maximum Gasteiger partial charge on any atom is 0.336 e. The van der Waals surface area contributed by atoms with Crippen molar-refractivity contribution in [1.82, 2.24) is 5.32 Å². The van der Waals surface area contributed by atoms with Crippen molar-refractivity contribution in [3.63, 3.8) is 0 Å². The predicted octanol–water partition coefficient (Wildman–Crippen LogP) is 3.70. The number of benzene rings is 3. The third-order valence-electron chi connectivity index (χ3n) is 5.16. The van der Waals surface area contributed by atoms with Crippen molar-refractivity contribution in [2.45, 2.75) is 6.10 Å². The number of aliphatic hydroxyl groups is 1. The third kappa shape index (κ3) is 5.39. The highest BCUT2D eigenvalue weighted by Crippen LogP contribution is 2.30. The first-order chi connectivity index (χ1) is 16.0. The van der Waals surface area contributed by atoms with Gasteiger partial charge in [-0.15, -0.1) is 0 Å². The molecule has 7 nitrogen and oxygen atoms in total. The van der Waals surface area contributed by atoms with Gasteiger partial charge < -0.3 is 24.3 Å². The SMILES string of the molecule is COc1ccc(-c2cc(=O)oc3cc(OCC(=O)NC[C@H](O)c4ccccc4)ccc23)cc1. The van der Waals surface area contributed by atoms with Crippen LogP contribution >= 0.6 is 0 Å². The maximum atomic E-state index is 12.1. The molecule has 0 aliphatic carbocycles. The molecule has 0 aliphatic heterocycles. The van der Waals surface area contributed by atoms with E-state index in [1.54, 1.807) is 37.4 Å². The second-order valence-corrected chi connectivity index (χ2v) is 7.38. The molecule has 1 amide bonds. The van der Waals surface area contributed by atoms with Crippen molar-refractivity contribution >= 4 is 16.9 Å². The van der Waals surface area contributed by atoms with Crippen LogP contribution in [0.4, 0.5) is 0 Å². The molecule has 33 heavy (non-hydrogen) atoms. The van der Waals surface area contributed by atoms with Crippen LogP contribution in [0.5, 0.6) is 11.5 Å². The topological polar surface area (TPSA) is 98.0 Å². The van der Waals surface area contributed by atoms with E-state index in [4.69, 9.17) is 13.9 Å². The van der Waals surface area contributed by atoms with Gasteiger partial charge in [0.25, 0.3) is 5.91 Å². The molecule has 0 fully saturated rings. The third-order valence-corrected chi connectivity index (χ3v) is 5.16. The molecule has 1 heterocycles. The summed E-state index contributed by atoms with van der Waals surface area (Å²) in [6.45, 7) is -0.167. The van der Waals surface area contributed by atoms with Crippen molar-refractivity contribution < 1.29 is 23.8 Å². The van der Waals surface area contributed by atoms with E-state index in [1.807, 2.05) is 42.5 Å². The summed E-state index contributed by atoms with van der Waals surface area (Å²) in [5, 5.41) is 13.5. The highest BCUT2D eigenvalue weighted by Gasteiger charge is 2.12. The maximum absolute atomic E-state index is 12.1. The first-order valence-electron chi connectivity index (χ1n) is 10.4. The summed E-state index contributed by atoms with van der Waals surface area (Å²) < 4.78 is 16.1. The zero-order chi connectivity index (χ0) is 23.2. The first-order valence-corrected chi connectivity index (χ1v) is 10.4. The van der Waals surface area contributed by atoms with Crippen molar-refractivity contribution in [1.29, 1.82) is 0 Å². The molecule has 4 rings (SSSR count). The lowest BCUT2D eigenvalue weighted by atomic mass is 10.0. The van der Waals surface area contributed by atoms with E-state index < -0.39 is 11.7 Å². The van der Waals surface area contributed by atoms with Crippen molar-refractivity contribution in [3.8, 4) is 22.6 Å². The Morgan fingerprint density at radius 1 is 1.00 bits per heavy atom. The summed E-state index contributed by atoms with van der Waals surface area (Å²) in [6, 6.07) is 23.0. The molecule has 1 aromatic heterocycles. The summed E-state index contributed by atoms with van der Waals surface area (Å²) in [4.78, 5) is 24.3. The van der Waals surface area contributed by atoms with Gasteiger partial charge in [0, 0.05) is 24.1 Å². The lowest BCUT2D eigenvalue weighted by Gasteiger charge is -2.13. The van der Waals surface area contributed by atoms with Gasteiger partial charge in [-0.25, -0.2) is 4.79 Å². The van der Waals surface area contributed by atoms with Crippen LogP contribution in [0.15, 0.2) is 88.1 Å². The minimum absolute atomic E-state index is 0.0734. The number of hydrogen-bond acceptors (Lipinski definition) is 6. The van der Waals surface area contributed by atoms with Gasteiger partial charge in [0.1, 0.15) is 17.1 Å². The fourth-order valence-electron chi connectivity index (χ4n) is 3.45. The number of aliphatic hydroxyl groups excluding tert-OH is 1. The Bertz CT molecular complexity index is 1300. The zero-order valence-corrected chi connectivity index (χ0v) is 18.0. The number of carbonyl (C=O) groups excluding carboxylic acids is 1. The van der Waals surface area contributed by atoms with E-state index in [-0.39, 0.29) is 19.1 Å². The molecule has 4 aromatic rings. The van der Waals surface area contributed by atoms with Crippen molar-refractivity contribution in [2.75, 3.05) is 20.3 Å². The molecule has 0 spiro atoms. The van der Waals surface area contributed by atoms with Crippen molar-refractivity contribution in [2.24, 2.45) is 0 Å². The van der Waals surface area contributed by atoms with E-state index >= 15 is 0 Å². The second-order valence-electron chi connectivity index (χ2n) is 7.38. The molecule has 0 bridgehead atoms. The minimum Gasteiger partial charge on any atom is -0.497 e. The predicted molar refractivity (Wildman–Crippen MR) is 124 cm³/mol. The van der Waals surface area contributed by atoms with Crippen LogP contribution in [0.3, 0.4) is 0 Å². The summed E-state index contributed by atoms with van der Waals surface area (Å²) in [6.07, 6.45) is -0.804. The summed E-state index contributed by atoms with van der Waals surface area (Å²) in [5.74, 6) is 0.728. The van der Waals surface area contributed by atoms with Crippen LogP contribution in [-0.4, -0.2) is 31.3 Å². The number of amides is 1. The summed E-state index contributed by atoms with van der Waals surface area (Å²) in [5.41, 5.74) is 2.15. The molecule has 168 valence electrons. The summed E-state index contributed by atoms with van der Waals surface area (Å²) in [7, 11) is 1.59. The van der Waals surface area contributed by atoms with E-state index in [1.165, 1.54) is 6.07 Å². The number of ether oxygens (including phenoxy) is 2. The molecule has 3 aromatic carbocycles. The van der Waals surface area contributed by atoms with Crippen LogP contribution in [-0.2, 0) is 4.79 Å². The van der Waals surface area contributed by atoms with Crippen LogP contribution in [0.1, 0.15) is 11.7 Å². The molecule has 7 heteroatoms. The van der Waals surface area contributed by atoms with Crippen LogP contribution < -0.4 is 20.4 Å². The lowest BCUT2D eigenvalue weighted by molar-refractivity contribution is -0.123. The number of nitrogens with one attached hydrogen (secondary N) is 1. The zero-order valence-electron chi connectivity index (χ0n) is 18.0. The quantitative estimate of drug-likeness (QED) is 0.402. The smallest absolute Gasteiger partial charge is 0.336 e. The number of rotatable bonds is 8. The van der Waals surface area contributed by atoms with Gasteiger partial charge in [-0.05, 0) is 41.0 Å². The largest absolute Gasteiger partial charge is 0.497 e. The van der Waals surface area contributed by atoms with Gasteiger partial charge in [0.05, 0.1) is 13.2 Å². The first kappa shape index (κ1) is 22.1. The average molecular weight is 445 g/mol. The molecule has 1 atom stereocenters. The fourth-order valence-corrected chi connectivity index (χ4v) is 3.45. The van der Waals surface area contributed by atoms with E-state index in [0.717, 1.165) is 27.8 Å². The number of methoxy groups -OCH3 is 1. The molecular formula is C26H23NO6. The fraction of sp³-hybridized carbons (Fsp3) is 0.154. The number of hydrogen-bond donors (Lipinski definition) is 2. The Balaban J connectivity index is 1.43. The normalized spacial score (nSPS) is 11.7. The molecule has 0 saturated heterocycles. The van der Waals surface area contributed by atoms with E-state index in [0.29, 0.717) is 11.3 Å². The van der Waals surface area contributed by atoms with Crippen LogP contribution in [0.25, 0.3) is 22.1 Å². The van der Waals surface area contributed by atoms with Gasteiger partial charge in [0.15, 0.2) is 6.61 Å². The molecule has 0 saturated carbocycles. The monoisotopic (exact) mass is 445 g/mol. The van der Waals surface area contributed by atoms with Crippen LogP contribution in [0.2, 0.25) is 0 Å². The molecule has 0 radical (unpaired) electrons. The number of carbonyl (C=O) groups is 1. The molecule has 0 unspecified atom stereocenters. The average Bonchev–Trinajstić information content (AvgIpc) is 2.85. The van der Waals surface area contributed by atoms with Gasteiger partial charge in [-0.2, -0.15) is 0 Å². The standard InChI is InChI=1S/C26H23NO6/c1-31-19-9-7-17(8-10-19)22-14-26(30)33-24-13-20(11-12-21(22)24)32-16-25(29)27-15-23(28)18-5-3-2-4-6-18/h2-14,23,28H,15-16H2,1H3,(H,27,29)/t23-/m0/s1. The van der Waals surface area contributed by atoms with Gasteiger partial charge in [-0.1, -0.05) is 42.5 Å². The lowest BCUT2D eigenvalue weighted by Crippen LogP contribution is -2.32. The summed E-state index contributed by atoms with van der Waals surface area (Å²) >= 11 is 0. The highest BCUT2D eigenvalue weighted by atomic mass is 16.5. The number of fused-ring (bicyclic) bond motifs is 1. The Hall–Kier alpha value is -4.10. The highest BCUT2D eigenvalue weighted by molar-refractivity contribution is 5.93. The van der Waals surface area contributed by atoms with E-state index in [2.05, 4.69) is 5.32 Å². The second kappa shape index (κ2) is 10.0. The van der Waals surface area contributed by atoms with E-state index in [9.17, 15) is 14.7 Å². The Kier molecular flexibility index (Phi) is 6.71. The molecule has 2 N–H and O–H groups in total. The van der Waals surface area contributed by atoms with Crippen molar-refractivity contribution in [3.05, 3.63) is 94.8 Å². The van der Waals surface area contributed by atoms with Gasteiger partial charge in [-0.3, -0.25) is 4.79 Å².